The first-order valence-electron chi connectivity index (χ1n) is 5.59. The van der Waals surface area contributed by atoms with Crippen LogP contribution in [0.1, 0.15) is 18.7 Å². The smallest absolute Gasteiger partial charge is 0.269 e. The number of halogens is 1. The average Bonchev–Trinajstić information content (AvgIpc) is 2.17. The van der Waals surface area contributed by atoms with E-state index in [0.717, 1.165) is 0 Å². The lowest BCUT2D eigenvalue weighted by molar-refractivity contribution is 0.0958. The van der Waals surface area contributed by atoms with E-state index in [1.54, 1.807) is 5.32 Å². The zero-order chi connectivity index (χ0) is 13.4. The maximum atomic E-state index is 11.5. The van der Waals surface area contributed by atoms with Crippen LogP contribution in [0.3, 0.4) is 0 Å². The minimum Gasteiger partial charge on any atom is -0.354 e. The Labute approximate surface area is 81.4 Å². The van der Waals surface area contributed by atoms with Gasteiger partial charge in [-0.05, 0) is 28.0 Å². The molecular weight excluding hydrogens is 208 g/mol. The van der Waals surface area contributed by atoms with Gasteiger partial charge in [-0.1, -0.05) is 0 Å². The lowest BCUT2D eigenvalue weighted by Crippen LogP contribution is -2.18. The molecular formula is C7H7BrN2O. The molecule has 0 atom stereocenters. The predicted octanol–water partition coefficient (Wildman–Crippen LogP) is 1.20. The van der Waals surface area contributed by atoms with E-state index in [1.807, 2.05) is 0 Å². The van der Waals surface area contributed by atoms with Crippen LogP contribution < -0.4 is 5.32 Å². The van der Waals surface area contributed by atoms with Gasteiger partial charge in [-0.2, -0.15) is 0 Å². The topological polar surface area (TPSA) is 42.0 Å². The van der Waals surface area contributed by atoms with Crippen molar-refractivity contribution in [3.05, 3.63) is 28.4 Å². The molecule has 1 N–H and O–H groups in total. The molecule has 1 aromatic heterocycles. The molecule has 1 amide bonds. The summed E-state index contributed by atoms with van der Waals surface area (Å²) in [7, 11) is 0. The van der Waals surface area contributed by atoms with Crippen LogP contribution in [0, 0.1) is 0 Å². The van der Waals surface area contributed by atoms with Gasteiger partial charge in [0.05, 0.1) is 4.11 Å². The van der Waals surface area contributed by atoms with Gasteiger partial charge in [0, 0.05) is 21.7 Å². The highest BCUT2D eigenvalue weighted by atomic mass is 79.9. The highest BCUT2D eigenvalue weighted by Gasteiger charge is 2.01. The van der Waals surface area contributed by atoms with Crippen LogP contribution in [0.4, 0.5) is 0 Å². The van der Waals surface area contributed by atoms with Crippen molar-refractivity contribution in [2.75, 3.05) is 6.98 Å². The standard InChI is InChI=1S/C7H7BrN2O/c1-9-7(11)6-3-2-5(8)4-10-6/h2-4H,1H3,(H,9,11)/i1D3,2D,3D,4D. The van der Waals surface area contributed by atoms with Crippen LogP contribution in [-0.4, -0.2) is 17.9 Å². The number of nitrogens with one attached hydrogen (secondary N) is 1. The van der Waals surface area contributed by atoms with Gasteiger partial charge in [-0.3, -0.25) is 4.79 Å². The average molecular weight is 221 g/mol. The maximum absolute atomic E-state index is 11.5. The SMILES string of the molecule is [2H]c1nc(C(=O)NC([2H])([2H])[2H])c([2H])c([2H])c1Br. The third kappa shape index (κ3) is 2.01. The van der Waals surface area contributed by atoms with E-state index in [-0.39, 0.29) is 10.5 Å². The quantitative estimate of drug-likeness (QED) is 0.774. The lowest BCUT2D eigenvalue weighted by atomic mass is 10.3. The summed E-state index contributed by atoms with van der Waals surface area (Å²) in [5, 5.41) is 1.65. The number of carbonyl (C=O) groups excluding carboxylic acids is 1. The van der Waals surface area contributed by atoms with Crippen LogP contribution in [0.15, 0.2) is 22.7 Å². The molecule has 0 unspecified atom stereocenters. The Morgan fingerprint density at radius 2 is 2.73 bits per heavy atom. The Kier molecular flexibility index (Phi) is 1.02. The van der Waals surface area contributed by atoms with Gasteiger partial charge in [-0.25, -0.2) is 4.98 Å². The first kappa shape index (κ1) is 3.23. The fourth-order valence-corrected chi connectivity index (χ4v) is 0.629. The molecule has 58 valence electrons. The summed E-state index contributed by atoms with van der Waals surface area (Å²) in [6.45, 7) is -2.71. The molecule has 0 saturated carbocycles. The monoisotopic (exact) mass is 220 g/mol. The molecule has 4 heteroatoms. The van der Waals surface area contributed by atoms with Crippen molar-refractivity contribution in [2.45, 2.75) is 0 Å². The van der Waals surface area contributed by atoms with Crippen LogP contribution in [0.5, 0.6) is 0 Å². The molecule has 0 fully saturated rings. The number of amides is 1. The third-order valence-electron chi connectivity index (χ3n) is 0.885. The van der Waals surface area contributed by atoms with E-state index >= 15 is 0 Å². The number of rotatable bonds is 1. The van der Waals surface area contributed by atoms with E-state index in [4.69, 9.17) is 8.22 Å². The van der Waals surface area contributed by atoms with E-state index in [2.05, 4.69) is 20.9 Å². The molecule has 1 aromatic rings. The van der Waals surface area contributed by atoms with Gasteiger partial charge in [-0.15, -0.1) is 0 Å². The van der Waals surface area contributed by atoms with Crippen molar-refractivity contribution < 1.29 is 13.0 Å². The van der Waals surface area contributed by atoms with Crippen molar-refractivity contribution in [3.63, 3.8) is 0 Å². The van der Waals surface area contributed by atoms with Crippen molar-refractivity contribution in [1.29, 1.82) is 0 Å². The zero-order valence-corrected chi connectivity index (χ0v) is 6.82. The minimum atomic E-state index is -2.71. The fourth-order valence-electron chi connectivity index (χ4n) is 0.442. The molecule has 0 radical (unpaired) electrons. The fraction of sp³-hybridized carbons (Fsp3) is 0.143. The van der Waals surface area contributed by atoms with E-state index < -0.39 is 30.8 Å². The maximum Gasteiger partial charge on any atom is 0.269 e. The second-order valence-electron chi connectivity index (χ2n) is 1.59. The molecule has 11 heavy (non-hydrogen) atoms. The van der Waals surface area contributed by atoms with Gasteiger partial charge in [0.2, 0.25) is 0 Å². The molecule has 0 aromatic carbocycles. The Bertz CT molecular complexity index is 474. The first-order valence-corrected chi connectivity index (χ1v) is 3.38. The molecule has 1 rings (SSSR count). The number of aromatic nitrogens is 1. The van der Waals surface area contributed by atoms with Gasteiger partial charge in [0.15, 0.2) is 0 Å². The van der Waals surface area contributed by atoms with Crippen molar-refractivity contribution >= 4 is 21.8 Å². The van der Waals surface area contributed by atoms with E-state index in [9.17, 15) is 4.79 Å². The number of pyridine rings is 1. The Morgan fingerprint density at radius 1 is 1.91 bits per heavy atom. The molecule has 0 aliphatic heterocycles. The second kappa shape index (κ2) is 3.48. The number of hydrogen-bond acceptors (Lipinski definition) is 2. The van der Waals surface area contributed by atoms with Crippen LogP contribution in [-0.2, 0) is 0 Å². The van der Waals surface area contributed by atoms with Crippen molar-refractivity contribution in [1.82, 2.24) is 10.3 Å². The molecule has 0 aliphatic rings. The summed E-state index contributed by atoms with van der Waals surface area (Å²) >= 11 is 2.87. The van der Waals surface area contributed by atoms with Gasteiger partial charge in [0.1, 0.15) is 5.69 Å². The number of hydrogen-bond donors (Lipinski definition) is 1. The highest BCUT2D eigenvalue weighted by molar-refractivity contribution is 9.10. The summed E-state index contributed by atoms with van der Waals surface area (Å²) in [4.78, 5) is 14.9. The van der Waals surface area contributed by atoms with Crippen LogP contribution >= 0.6 is 15.9 Å². The molecule has 0 aliphatic carbocycles. The van der Waals surface area contributed by atoms with Crippen LogP contribution in [0.2, 0.25) is 0 Å². The van der Waals surface area contributed by atoms with E-state index in [0.29, 0.717) is 0 Å². The summed E-state index contributed by atoms with van der Waals surface area (Å²) in [5.74, 6) is -1.11. The molecule has 3 nitrogen and oxygen atoms in total. The third-order valence-corrected chi connectivity index (χ3v) is 1.26. The second-order valence-corrected chi connectivity index (χ2v) is 2.38. The minimum absolute atomic E-state index is 0.0204. The zero-order valence-electron chi connectivity index (χ0n) is 11.2. The molecule has 0 bridgehead atoms. The number of carbonyl (C=O) groups is 1. The number of nitrogens with zero attached hydrogens (tertiary/aromatic N) is 1. The van der Waals surface area contributed by atoms with Gasteiger partial charge in [0.25, 0.3) is 5.91 Å². The molecule has 0 saturated heterocycles. The lowest BCUT2D eigenvalue weighted by Gasteiger charge is -1.96. The molecule has 0 spiro atoms. The molecule has 1 heterocycles. The first-order chi connectivity index (χ1) is 7.63. The predicted molar refractivity (Wildman–Crippen MR) is 45.3 cm³/mol. The Balaban J connectivity index is 3.20. The van der Waals surface area contributed by atoms with Crippen LogP contribution in [0.25, 0.3) is 0 Å². The van der Waals surface area contributed by atoms with E-state index in [1.165, 1.54) is 0 Å². The highest BCUT2D eigenvalue weighted by Crippen LogP contribution is 2.06. The summed E-state index contributed by atoms with van der Waals surface area (Å²) in [5.41, 5.74) is -0.556. The van der Waals surface area contributed by atoms with Gasteiger partial charge < -0.3 is 5.32 Å². The largest absolute Gasteiger partial charge is 0.354 e. The Hall–Kier alpha value is -0.900. The summed E-state index contributed by atoms with van der Waals surface area (Å²) < 4.78 is 42.7. The Morgan fingerprint density at radius 3 is 3.45 bits per heavy atom. The summed E-state index contributed by atoms with van der Waals surface area (Å²) in [6.07, 6.45) is -0.401. The summed E-state index contributed by atoms with van der Waals surface area (Å²) in [6, 6.07) is -0.921. The van der Waals surface area contributed by atoms with Crippen molar-refractivity contribution in [2.24, 2.45) is 0 Å². The normalized spacial score (nSPS) is 18.3. The van der Waals surface area contributed by atoms with Crippen molar-refractivity contribution in [3.8, 4) is 0 Å². The van der Waals surface area contributed by atoms with Gasteiger partial charge >= 0.3 is 0 Å².